The van der Waals surface area contributed by atoms with Crippen molar-refractivity contribution in [2.45, 2.75) is 0 Å². The van der Waals surface area contributed by atoms with Crippen molar-refractivity contribution in [3.05, 3.63) is 28.8 Å². The minimum Gasteiger partial charge on any atom is -0.480 e. The molecule has 7 heteroatoms. The first-order valence-electron chi connectivity index (χ1n) is 5.38. The van der Waals surface area contributed by atoms with Gasteiger partial charge >= 0.3 is 12.0 Å². The first kappa shape index (κ1) is 15.4. The van der Waals surface area contributed by atoms with E-state index in [1.807, 2.05) is 6.07 Å². The van der Waals surface area contributed by atoms with Gasteiger partial charge < -0.3 is 15.3 Å². The maximum absolute atomic E-state index is 11.9. The molecule has 0 saturated heterocycles. The summed E-state index contributed by atoms with van der Waals surface area (Å²) in [4.78, 5) is 23.4. The Balaban J connectivity index is 2.83. The van der Waals surface area contributed by atoms with Gasteiger partial charge in [0.2, 0.25) is 0 Å². The molecule has 102 valence electrons. The lowest BCUT2D eigenvalue weighted by Gasteiger charge is -2.18. The average Bonchev–Trinajstić information content (AvgIpc) is 2.38. The van der Waals surface area contributed by atoms with Crippen LogP contribution in [0.1, 0.15) is 5.56 Å². The molecule has 6 nitrogen and oxygen atoms in total. The number of hydrogen-bond acceptors (Lipinski definition) is 3. The number of terminal acetylenes is 1. The number of amides is 2. The van der Waals surface area contributed by atoms with Gasteiger partial charge in [-0.2, -0.15) is 5.26 Å². The van der Waals surface area contributed by atoms with Crippen LogP contribution in [-0.4, -0.2) is 35.1 Å². The Bertz CT molecular complexity index is 616. The van der Waals surface area contributed by atoms with Gasteiger partial charge in [-0.1, -0.05) is 17.5 Å². The second-order valence-electron chi connectivity index (χ2n) is 3.69. The number of carboxylic acid groups (broad SMARTS) is 1. The van der Waals surface area contributed by atoms with Gasteiger partial charge in [0.15, 0.2) is 0 Å². The molecule has 0 spiro atoms. The summed E-state index contributed by atoms with van der Waals surface area (Å²) in [5, 5.41) is 20.1. The van der Waals surface area contributed by atoms with E-state index < -0.39 is 18.5 Å². The summed E-state index contributed by atoms with van der Waals surface area (Å²) in [5.41, 5.74) is 0.613. The van der Waals surface area contributed by atoms with Crippen LogP contribution in [0.5, 0.6) is 0 Å². The van der Waals surface area contributed by atoms with Crippen LogP contribution >= 0.6 is 11.6 Å². The van der Waals surface area contributed by atoms with Crippen LogP contribution in [0.25, 0.3) is 0 Å². The molecule has 0 heterocycles. The number of nitriles is 1. The predicted octanol–water partition coefficient (Wildman–Crippen LogP) is 1.76. The molecular weight excluding hydrogens is 282 g/mol. The lowest BCUT2D eigenvalue weighted by Crippen LogP contribution is -2.39. The maximum atomic E-state index is 11.9. The second-order valence-corrected chi connectivity index (χ2v) is 4.10. The van der Waals surface area contributed by atoms with E-state index in [-0.39, 0.29) is 17.1 Å². The molecule has 1 aromatic carbocycles. The zero-order valence-electron chi connectivity index (χ0n) is 10.3. The molecule has 0 aliphatic heterocycles. The summed E-state index contributed by atoms with van der Waals surface area (Å²) in [6.07, 6.45) is 5.08. The standard InChI is InChI=1S/C13H10ClN3O3/c1-2-5-17(8-12(18)19)13(20)16-10-4-3-9(7-15)11(14)6-10/h1,3-4,6H,5,8H2,(H,16,20)(H,18,19). The molecule has 0 aromatic heterocycles. The zero-order valence-corrected chi connectivity index (χ0v) is 11.0. The maximum Gasteiger partial charge on any atom is 0.323 e. The van der Waals surface area contributed by atoms with Crippen molar-refractivity contribution in [3.8, 4) is 18.4 Å². The number of hydrogen-bond donors (Lipinski definition) is 2. The van der Waals surface area contributed by atoms with Crippen LogP contribution < -0.4 is 5.32 Å². The molecule has 0 radical (unpaired) electrons. The number of rotatable bonds is 4. The number of carbonyl (C=O) groups is 2. The summed E-state index contributed by atoms with van der Waals surface area (Å²) in [5.74, 6) is 1.03. The topological polar surface area (TPSA) is 93.4 Å². The fourth-order valence-electron chi connectivity index (χ4n) is 1.36. The number of halogens is 1. The third-order valence-electron chi connectivity index (χ3n) is 2.24. The Kier molecular flexibility index (Phi) is 5.40. The van der Waals surface area contributed by atoms with Gasteiger partial charge in [0, 0.05) is 5.69 Å². The monoisotopic (exact) mass is 291 g/mol. The third-order valence-corrected chi connectivity index (χ3v) is 2.55. The molecule has 1 aromatic rings. The molecule has 20 heavy (non-hydrogen) atoms. The van der Waals surface area contributed by atoms with Crippen LogP contribution in [0.4, 0.5) is 10.5 Å². The molecule has 0 aliphatic carbocycles. The minimum atomic E-state index is -1.17. The van der Waals surface area contributed by atoms with Crippen LogP contribution in [0.15, 0.2) is 18.2 Å². The van der Waals surface area contributed by atoms with Gasteiger partial charge in [0.1, 0.15) is 12.6 Å². The number of carbonyl (C=O) groups excluding carboxylic acids is 1. The smallest absolute Gasteiger partial charge is 0.323 e. The van der Waals surface area contributed by atoms with E-state index in [2.05, 4.69) is 11.2 Å². The first-order valence-corrected chi connectivity index (χ1v) is 5.76. The summed E-state index contributed by atoms with van der Waals surface area (Å²) in [7, 11) is 0. The fraction of sp³-hybridized carbons (Fsp3) is 0.154. The highest BCUT2D eigenvalue weighted by Crippen LogP contribution is 2.20. The molecule has 0 aliphatic rings. The van der Waals surface area contributed by atoms with E-state index in [1.165, 1.54) is 18.2 Å². The lowest BCUT2D eigenvalue weighted by atomic mass is 10.2. The van der Waals surface area contributed by atoms with Crippen LogP contribution in [-0.2, 0) is 4.79 Å². The van der Waals surface area contributed by atoms with E-state index in [9.17, 15) is 9.59 Å². The van der Waals surface area contributed by atoms with Gasteiger partial charge in [0.05, 0.1) is 17.1 Å². The normalized spacial score (nSPS) is 9.15. The van der Waals surface area contributed by atoms with Crippen molar-refractivity contribution in [2.75, 3.05) is 18.4 Å². The number of aliphatic carboxylic acids is 1. The SMILES string of the molecule is C#CCN(CC(=O)O)C(=O)Nc1ccc(C#N)c(Cl)c1. The van der Waals surface area contributed by atoms with E-state index in [0.717, 1.165) is 4.90 Å². The van der Waals surface area contributed by atoms with Crippen LogP contribution in [0.2, 0.25) is 5.02 Å². The van der Waals surface area contributed by atoms with E-state index >= 15 is 0 Å². The highest BCUT2D eigenvalue weighted by atomic mass is 35.5. The number of nitrogens with one attached hydrogen (secondary N) is 1. The van der Waals surface area contributed by atoms with Crippen molar-refractivity contribution in [1.29, 1.82) is 5.26 Å². The largest absolute Gasteiger partial charge is 0.480 e. The highest BCUT2D eigenvalue weighted by Gasteiger charge is 2.16. The molecular formula is C13H10ClN3O3. The van der Waals surface area contributed by atoms with Crippen molar-refractivity contribution in [3.63, 3.8) is 0 Å². The average molecular weight is 292 g/mol. The number of nitrogens with zero attached hydrogens (tertiary/aromatic N) is 2. The Morgan fingerprint density at radius 1 is 1.50 bits per heavy atom. The number of carboxylic acids is 1. The Morgan fingerprint density at radius 2 is 2.20 bits per heavy atom. The second kappa shape index (κ2) is 7.03. The van der Waals surface area contributed by atoms with Gasteiger partial charge in [-0.3, -0.25) is 4.79 Å². The summed E-state index contributed by atoms with van der Waals surface area (Å²) in [6, 6.07) is 5.55. The van der Waals surface area contributed by atoms with E-state index in [0.29, 0.717) is 5.69 Å². The Hall–Kier alpha value is -2.70. The van der Waals surface area contributed by atoms with Crippen molar-refractivity contribution in [2.24, 2.45) is 0 Å². The quantitative estimate of drug-likeness (QED) is 0.827. The summed E-state index contributed by atoms with van der Waals surface area (Å²) in [6.45, 7) is -0.651. The number of benzene rings is 1. The molecule has 0 bridgehead atoms. The molecule has 0 fully saturated rings. The number of anilines is 1. The molecule has 2 N–H and O–H groups in total. The highest BCUT2D eigenvalue weighted by molar-refractivity contribution is 6.32. The first-order chi connectivity index (χ1) is 9.47. The van der Waals surface area contributed by atoms with Gasteiger partial charge in [0.25, 0.3) is 0 Å². The van der Waals surface area contributed by atoms with Gasteiger partial charge in [-0.15, -0.1) is 6.42 Å². The third kappa shape index (κ3) is 4.20. The molecule has 0 unspecified atom stereocenters. The van der Waals surface area contributed by atoms with Gasteiger partial charge in [-0.05, 0) is 18.2 Å². The number of urea groups is 1. The van der Waals surface area contributed by atoms with Crippen molar-refractivity contribution in [1.82, 2.24) is 4.90 Å². The molecule has 0 saturated carbocycles. The summed E-state index contributed by atoms with van der Waals surface area (Å²) < 4.78 is 0. The Morgan fingerprint density at radius 3 is 2.70 bits per heavy atom. The van der Waals surface area contributed by atoms with Gasteiger partial charge in [-0.25, -0.2) is 4.79 Å². The van der Waals surface area contributed by atoms with Crippen LogP contribution in [0.3, 0.4) is 0 Å². The molecule has 0 atom stereocenters. The van der Waals surface area contributed by atoms with Crippen molar-refractivity contribution >= 4 is 29.3 Å². The fourth-order valence-corrected chi connectivity index (χ4v) is 1.58. The molecule has 2 amide bonds. The van der Waals surface area contributed by atoms with E-state index in [1.54, 1.807) is 0 Å². The zero-order chi connectivity index (χ0) is 15.1. The predicted molar refractivity (Wildman–Crippen MR) is 73.2 cm³/mol. The van der Waals surface area contributed by atoms with Crippen LogP contribution in [0, 0.1) is 23.7 Å². The van der Waals surface area contributed by atoms with E-state index in [4.69, 9.17) is 28.4 Å². The summed E-state index contributed by atoms with van der Waals surface area (Å²) >= 11 is 5.82. The minimum absolute atomic E-state index is 0.137. The molecule has 1 rings (SSSR count). The lowest BCUT2D eigenvalue weighted by molar-refractivity contribution is -0.137. The Labute approximate surface area is 120 Å². The van der Waals surface area contributed by atoms with Crippen molar-refractivity contribution < 1.29 is 14.7 Å².